The molecule has 0 spiro atoms. The molecule has 0 saturated carbocycles. The van der Waals surface area contributed by atoms with Crippen LogP contribution >= 0.6 is 15.9 Å². The van der Waals surface area contributed by atoms with Crippen LogP contribution < -0.4 is 10.6 Å². The number of piperidine rings is 1. The van der Waals surface area contributed by atoms with E-state index in [2.05, 4.69) is 59.8 Å². The lowest BCUT2D eigenvalue weighted by Gasteiger charge is -2.23. The van der Waals surface area contributed by atoms with Crippen molar-refractivity contribution in [2.75, 3.05) is 18.4 Å². The second-order valence-corrected chi connectivity index (χ2v) is 7.78. The van der Waals surface area contributed by atoms with E-state index in [1.165, 1.54) is 5.56 Å². The van der Waals surface area contributed by atoms with Crippen LogP contribution in [0.3, 0.4) is 0 Å². The third kappa shape index (κ3) is 3.19. The van der Waals surface area contributed by atoms with Crippen LogP contribution in [0.2, 0.25) is 0 Å². The molecule has 1 aliphatic heterocycles. The first-order valence-corrected chi connectivity index (χ1v) is 9.98. The zero-order valence-electron chi connectivity index (χ0n) is 14.7. The number of anilines is 1. The van der Waals surface area contributed by atoms with Gasteiger partial charge in [0, 0.05) is 24.2 Å². The Kier molecular flexibility index (Phi) is 4.29. The third-order valence-electron chi connectivity index (χ3n) is 5.16. The lowest BCUT2D eigenvalue weighted by molar-refractivity contribution is 0.453. The molecule has 0 bridgehead atoms. The number of benzene rings is 1. The predicted molar refractivity (Wildman–Crippen MR) is 109 cm³/mol. The number of hydrogen-bond donors (Lipinski definition) is 3. The molecule has 0 aliphatic carbocycles. The number of nitrogens with one attached hydrogen (secondary N) is 3. The lowest BCUT2D eigenvalue weighted by atomic mass is 9.94. The van der Waals surface area contributed by atoms with Crippen LogP contribution in [0.15, 0.2) is 41.3 Å². The van der Waals surface area contributed by atoms with E-state index in [4.69, 9.17) is 4.98 Å². The zero-order valence-corrected chi connectivity index (χ0v) is 16.3. The van der Waals surface area contributed by atoms with E-state index < -0.39 is 0 Å². The molecule has 7 nitrogen and oxygen atoms in total. The van der Waals surface area contributed by atoms with Crippen LogP contribution in [0.4, 0.5) is 5.82 Å². The van der Waals surface area contributed by atoms with Gasteiger partial charge < -0.3 is 15.6 Å². The molecule has 5 rings (SSSR count). The van der Waals surface area contributed by atoms with Gasteiger partial charge in [0.2, 0.25) is 0 Å². The number of aromatic nitrogens is 5. The Bertz CT molecular complexity index is 1090. The van der Waals surface area contributed by atoms with Crippen LogP contribution in [-0.4, -0.2) is 37.7 Å². The summed E-state index contributed by atoms with van der Waals surface area (Å²) in [6, 6.07) is 8.41. The molecule has 138 valence electrons. The van der Waals surface area contributed by atoms with Crippen LogP contribution in [0, 0.1) is 0 Å². The highest BCUT2D eigenvalue weighted by atomic mass is 79.9. The van der Waals surface area contributed by atoms with E-state index in [1.54, 1.807) is 12.5 Å². The number of halogens is 1. The van der Waals surface area contributed by atoms with E-state index in [1.807, 2.05) is 10.6 Å². The fourth-order valence-electron chi connectivity index (χ4n) is 3.69. The molecule has 0 unspecified atom stereocenters. The van der Waals surface area contributed by atoms with Crippen molar-refractivity contribution in [2.24, 2.45) is 0 Å². The fraction of sp³-hybridized carbons (Fsp3) is 0.316. The Morgan fingerprint density at radius 1 is 1.22 bits per heavy atom. The van der Waals surface area contributed by atoms with Crippen molar-refractivity contribution < 1.29 is 0 Å². The lowest BCUT2D eigenvalue weighted by Crippen LogP contribution is -2.27. The molecule has 3 N–H and O–H groups in total. The highest BCUT2D eigenvalue weighted by molar-refractivity contribution is 9.10. The largest absolute Gasteiger partial charge is 0.366 e. The van der Waals surface area contributed by atoms with E-state index in [0.717, 1.165) is 58.6 Å². The maximum Gasteiger partial charge on any atom is 0.171 e. The van der Waals surface area contributed by atoms with Gasteiger partial charge in [0.05, 0.1) is 28.0 Å². The summed E-state index contributed by atoms with van der Waals surface area (Å²) in [5, 5.41) is 11.4. The molecular formula is C19H20BrN7. The van der Waals surface area contributed by atoms with Gasteiger partial charge in [-0.2, -0.15) is 9.61 Å². The SMILES string of the molecule is Brc1cnn2c(NCc3ccc4nc[nH]c4c3)cc(C3CCNCC3)nc12. The molecule has 1 fully saturated rings. The third-order valence-corrected chi connectivity index (χ3v) is 5.72. The van der Waals surface area contributed by atoms with Crippen LogP contribution in [0.5, 0.6) is 0 Å². The first-order chi connectivity index (χ1) is 13.3. The summed E-state index contributed by atoms with van der Waals surface area (Å²) in [6.45, 7) is 2.80. The number of nitrogens with zero attached hydrogens (tertiary/aromatic N) is 4. The first-order valence-electron chi connectivity index (χ1n) is 9.19. The summed E-state index contributed by atoms with van der Waals surface area (Å²) < 4.78 is 2.78. The second-order valence-electron chi connectivity index (χ2n) is 6.93. The van der Waals surface area contributed by atoms with Crippen molar-refractivity contribution in [3.63, 3.8) is 0 Å². The Balaban J connectivity index is 1.47. The van der Waals surface area contributed by atoms with Crippen molar-refractivity contribution in [1.29, 1.82) is 0 Å². The number of imidazole rings is 1. The highest BCUT2D eigenvalue weighted by Gasteiger charge is 2.19. The summed E-state index contributed by atoms with van der Waals surface area (Å²) >= 11 is 3.58. The minimum Gasteiger partial charge on any atom is -0.366 e. The van der Waals surface area contributed by atoms with Crippen LogP contribution in [0.1, 0.15) is 30.0 Å². The fourth-order valence-corrected chi connectivity index (χ4v) is 4.04. The highest BCUT2D eigenvalue weighted by Crippen LogP contribution is 2.28. The minimum absolute atomic E-state index is 0.486. The standard InChI is InChI=1S/C19H20BrN7/c20-14-10-25-27-18(8-16(26-19(14)27)13-3-5-21-6-4-13)22-9-12-1-2-15-17(7-12)24-11-23-15/h1-2,7-8,10-11,13,21-22H,3-6,9H2,(H,23,24). The van der Waals surface area contributed by atoms with Gasteiger partial charge in [0.25, 0.3) is 0 Å². The van der Waals surface area contributed by atoms with E-state index >= 15 is 0 Å². The summed E-state index contributed by atoms with van der Waals surface area (Å²) in [5.41, 5.74) is 5.21. The minimum atomic E-state index is 0.486. The van der Waals surface area contributed by atoms with Gasteiger partial charge in [-0.25, -0.2) is 9.97 Å². The topological polar surface area (TPSA) is 82.9 Å². The van der Waals surface area contributed by atoms with Gasteiger partial charge in [0.1, 0.15) is 5.82 Å². The monoisotopic (exact) mass is 425 g/mol. The second kappa shape index (κ2) is 6.94. The van der Waals surface area contributed by atoms with Crippen molar-refractivity contribution >= 4 is 38.4 Å². The molecule has 4 aromatic rings. The maximum atomic E-state index is 4.88. The van der Waals surface area contributed by atoms with Crippen molar-refractivity contribution in [3.8, 4) is 0 Å². The normalized spacial score (nSPS) is 15.6. The summed E-state index contributed by atoms with van der Waals surface area (Å²) in [4.78, 5) is 12.3. The van der Waals surface area contributed by atoms with Crippen molar-refractivity contribution in [1.82, 2.24) is 29.9 Å². The summed E-state index contributed by atoms with van der Waals surface area (Å²) in [5.74, 6) is 1.45. The Morgan fingerprint density at radius 2 is 2.11 bits per heavy atom. The van der Waals surface area contributed by atoms with Gasteiger partial charge in [-0.1, -0.05) is 6.07 Å². The summed E-state index contributed by atoms with van der Waals surface area (Å²) in [6.07, 6.45) is 5.76. The smallest absolute Gasteiger partial charge is 0.171 e. The Hall–Kier alpha value is -2.45. The van der Waals surface area contributed by atoms with E-state index in [9.17, 15) is 0 Å². The predicted octanol–water partition coefficient (Wildman–Crippen LogP) is 3.45. The van der Waals surface area contributed by atoms with Crippen molar-refractivity contribution in [3.05, 3.63) is 52.5 Å². The molecule has 1 aromatic carbocycles. The van der Waals surface area contributed by atoms with Crippen LogP contribution in [0.25, 0.3) is 16.7 Å². The van der Waals surface area contributed by atoms with E-state index in [-0.39, 0.29) is 0 Å². The molecule has 27 heavy (non-hydrogen) atoms. The average molecular weight is 426 g/mol. The van der Waals surface area contributed by atoms with Gasteiger partial charge >= 0.3 is 0 Å². The molecule has 8 heteroatoms. The number of rotatable bonds is 4. The molecule has 0 radical (unpaired) electrons. The van der Waals surface area contributed by atoms with Crippen molar-refractivity contribution in [2.45, 2.75) is 25.3 Å². The Morgan fingerprint density at radius 3 is 3.00 bits per heavy atom. The number of H-pyrrole nitrogens is 1. The van der Waals surface area contributed by atoms with E-state index in [0.29, 0.717) is 12.5 Å². The summed E-state index contributed by atoms with van der Waals surface area (Å²) in [7, 11) is 0. The van der Waals surface area contributed by atoms with Gasteiger partial charge in [-0.3, -0.25) is 0 Å². The molecule has 0 atom stereocenters. The Labute approximate surface area is 164 Å². The quantitative estimate of drug-likeness (QED) is 0.466. The number of fused-ring (bicyclic) bond motifs is 2. The number of aromatic amines is 1. The molecule has 1 saturated heterocycles. The number of hydrogen-bond acceptors (Lipinski definition) is 5. The average Bonchev–Trinajstić information content (AvgIpc) is 3.33. The van der Waals surface area contributed by atoms with Crippen LogP contribution in [-0.2, 0) is 6.54 Å². The molecule has 4 heterocycles. The van der Waals surface area contributed by atoms with Gasteiger partial charge in [-0.05, 0) is 59.6 Å². The molecule has 0 amide bonds. The van der Waals surface area contributed by atoms with Gasteiger partial charge in [0.15, 0.2) is 5.65 Å². The zero-order chi connectivity index (χ0) is 18.2. The first kappa shape index (κ1) is 16.7. The molecular weight excluding hydrogens is 406 g/mol. The molecule has 1 aliphatic rings. The van der Waals surface area contributed by atoms with Gasteiger partial charge in [-0.15, -0.1) is 0 Å². The molecule has 3 aromatic heterocycles. The maximum absolute atomic E-state index is 4.88.